The molecule has 1 saturated carbocycles. The number of nitrogens with zero attached hydrogens (tertiary/aromatic N) is 4. The standard InChI is InChI=1S/C19H21FN4O4/c1-3-28-17-21-15-14(23(17)10-12-4-6-13(20)7-5-12)16(25)24(18(26)22(15)2)11-19(27)8-9-19/h4-7,27H,3,8-11H2,1-2H3. The monoisotopic (exact) mass is 388 g/mol. The Labute approximate surface area is 159 Å². The van der Waals surface area contributed by atoms with Gasteiger partial charge in [0, 0.05) is 7.05 Å². The Balaban J connectivity index is 1.93. The van der Waals surface area contributed by atoms with Gasteiger partial charge in [-0.25, -0.2) is 9.18 Å². The van der Waals surface area contributed by atoms with Crippen molar-refractivity contribution < 1.29 is 14.2 Å². The molecule has 0 saturated heterocycles. The summed E-state index contributed by atoms with van der Waals surface area (Å²) in [5.41, 5.74) is -0.902. The van der Waals surface area contributed by atoms with Crippen LogP contribution in [0.15, 0.2) is 33.9 Å². The predicted molar refractivity (Wildman–Crippen MR) is 100 cm³/mol. The molecule has 28 heavy (non-hydrogen) atoms. The summed E-state index contributed by atoms with van der Waals surface area (Å²) >= 11 is 0. The van der Waals surface area contributed by atoms with E-state index in [1.54, 1.807) is 23.6 Å². The van der Waals surface area contributed by atoms with E-state index in [4.69, 9.17) is 4.74 Å². The zero-order valence-electron chi connectivity index (χ0n) is 15.7. The molecule has 1 fully saturated rings. The number of ether oxygens (including phenoxy) is 1. The summed E-state index contributed by atoms with van der Waals surface area (Å²) in [6.07, 6.45) is 1.11. The molecule has 9 heteroatoms. The van der Waals surface area contributed by atoms with Crippen molar-refractivity contribution in [3.63, 3.8) is 0 Å². The Morgan fingerprint density at radius 2 is 1.89 bits per heavy atom. The molecule has 0 spiro atoms. The van der Waals surface area contributed by atoms with Gasteiger partial charge in [0.25, 0.3) is 11.6 Å². The lowest BCUT2D eigenvalue weighted by molar-refractivity contribution is 0.126. The molecule has 1 aliphatic rings. The van der Waals surface area contributed by atoms with Crippen molar-refractivity contribution in [2.24, 2.45) is 7.05 Å². The van der Waals surface area contributed by atoms with E-state index < -0.39 is 16.9 Å². The summed E-state index contributed by atoms with van der Waals surface area (Å²) in [5.74, 6) is -0.355. The van der Waals surface area contributed by atoms with Gasteiger partial charge in [0.1, 0.15) is 5.82 Å². The molecule has 1 aromatic carbocycles. The van der Waals surface area contributed by atoms with Crippen LogP contribution in [-0.4, -0.2) is 36.0 Å². The Morgan fingerprint density at radius 3 is 2.50 bits per heavy atom. The first-order valence-electron chi connectivity index (χ1n) is 9.12. The highest BCUT2D eigenvalue weighted by molar-refractivity contribution is 5.72. The van der Waals surface area contributed by atoms with Gasteiger partial charge >= 0.3 is 5.69 Å². The molecule has 148 valence electrons. The fourth-order valence-corrected chi connectivity index (χ4v) is 3.25. The molecule has 4 rings (SSSR count). The number of halogens is 1. The first kappa shape index (κ1) is 18.4. The number of aryl methyl sites for hydroxylation is 1. The van der Waals surface area contributed by atoms with Crippen molar-refractivity contribution in [2.75, 3.05) is 6.61 Å². The van der Waals surface area contributed by atoms with Crippen LogP contribution in [0.25, 0.3) is 11.2 Å². The molecule has 0 unspecified atom stereocenters. The Morgan fingerprint density at radius 1 is 1.21 bits per heavy atom. The normalized spacial score (nSPS) is 15.1. The second kappa shape index (κ2) is 6.59. The summed E-state index contributed by atoms with van der Waals surface area (Å²) in [6, 6.07) is 6.11. The van der Waals surface area contributed by atoms with Crippen LogP contribution >= 0.6 is 0 Å². The van der Waals surface area contributed by atoms with E-state index in [1.807, 2.05) is 0 Å². The lowest BCUT2D eigenvalue weighted by atomic mass is 10.2. The van der Waals surface area contributed by atoms with Gasteiger partial charge in [-0.05, 0) is 37.5 Å². The number of hydrogen-bond acceptors (Lipinski definition) is 5. The van der Waals surface area contributed by atoms with Crippen molar-refractivity contribution in [3.8, 4) is 6.01 Å². The topological polar surface area (TPSA) is 91.3 Å². The average molecular weight is 388 g/mol. The second-order valence-electron chi connectivity index (χ2n) is 7.17. The number of rotatable bonds is 6. The molecule has 2 heterocycles. The van der Waals surface area contributed by atoms with Crippen LogP contribution in [-0.2, 0) is 20.1 Å². The highest BCUT2D eigenvalue weighted by Gasteiger charge is 2.41. The van der Waals surface area contributed by atoms with Gasteiger partial charge in [0.15, 0.2) is 11.2 Å². The van der Waals surface area contributed by atoms with Gasteiger partial charge in [0.2, 0.25) is 0 Å². The Kier molecular flexibility index (Phi) is 4.34. The number of imidazole rings is 1. The smallest absolute Gasteiger partial charge is 0.332 e. The van der Waals surface area contributed by atoms with Gasteiger partial charge in [-0.1, -0.05) is 12.1 Å². The molecule has 0 atom stereocenters. The number of hydrogen-bond donors (Lipinski definition) is 1. The van der Waals surface area contributed by atoms with Gasteiger partial charge in [-0.15, -0.1) is 0 Å². The van der Waals surface area contributed by atoms with Crippen LogP contribution in [0.3, 0.4) is 0 Å². The molecular weight excluding hydrogens is 367 g/mol. The van der Waals surface area contributed by atoms with E-state index in [-0.39, 0.29) is 36.1 Å². The minimum atomic E-state index is -1.01. The third-order valence-corrected chi connectivity index (χ3v) is 5.00. The van der Waals surface area contributed by atoms with E-state index in [9.17, 15) is 19.1 Å². The minimum absolute atomic E-state index is 0.0554. The van der Waals surface area contributed by atoms with Gasteiger partial charge in [0.05, 0.1) is 25.3 Å². The van der Waals surface area contributed by atoms with Gasteiger partial charge in [-0.3, -0.25) is 18.5 Å². The van der Waals surface area contributed by atoms with Crippen LogP contribution in [0, 0.1) is 5.82 Å². The molecular formula is C19H21FN4O4. The Hall–Kier alpha value is -2.94. The SMILES string of the molecule is CCOc1nc2c(c(=O)n(CC3(O)CC3)c(=O)n2C)n1Cc1ccc(F)cc1. The van der Waals surface area contributed by atoms with Crippen molar-refractivity contribution in [1.29, 1.82) is 0 Å². The molecule has 0 amide bonds. The summed E-state index contributed by atoms with van der Waals surface area (Å²) in [7, 11) is 1.53. The fraction of sp³-hybridized carbons (Fsp3) is 0.421. The highest BCUT2D eigenvalue weighted by Crippen LogP contribution is 2.36. The maximum atomic E-state index is 13.2. The number of benzene rings is 1. The van der Waals surface area contributed by atoms with E-state index in [1.165, 1.54) is 23.7 Å². The maximum absolute atomic E-state index is 13.2. The summed E-state index contributed by atoms with van der Waals surface area (Å²) < 4.78 is 22.7. The molecule has 1 aliphatic carbocycles. The summed E-state index contributed by atoms with van der Waals surface area (Å²) in [5, 5.41) is 10.2. The van der Waals surface area contributed by atoms with Gasteiger partial charge in [-0.2, -0.15) is 4.98 Å². The van der Waals surface area contributed by atoms with Gasteiger partial charge < -0.3 is 9.84 Å². The molecule has 0 bridgehead atoms. The lowest BCUT2D eigenvalue weighted by Gasteiger charge is -2.13. The van der Waals surface area contributed by atoms with Crippen LogP contribution in [0.4, 0.5) is 4.39 Å². The molecule has 2 aromatic heterocycles. The van der Waals surface area contributed by atoms with Crippen molar-refractivity contribution in [1.82, 2.24) is 18.7 Å². The average Bonchev–Trinajstić information content (AvgIpc) is 3.29. The molecule has 0 radical (unpaired) electrons. The quantitative estimate of drug-likeness (QED) is 0.681. The van der Waals surface area contributed by atoms with Crippen LogP contribution in [0.2, 0.25) is 0 Å². The van der Waals surface area contributed by atoms with Crippen molar-refractivity contribution in [3.05, 3.63) is 56.5 Å². The summed E-state index contributed by atoms with van der Waals surface area (Å²) in [4.78, 5) is 30.2. The van der Waals surface area contributed by atoms with E-state index in [2.05, 4.69) is 4.98 Å². The summed E-state index contributed by atoms with van der Waals surface area (Å²) in [6.45, 7) is 2.29. The zero-order chi connectivity index (χ0) is 20.1. The number of fused-ring (bicyclic) bond motifs is 1. The van der Waals surface area contributed by atoms with E-state index in [0.717, 1.165) is 10.1 Å². The third-order valence-electron chi connectivity index (χ3n) is 5.00. The first-order chi connectivity index (χ1) is 13.3. The zero-order valence-corrected chi connectivity index (χ0v) is 15.7. The molecule has 1 N–H and O–H groups in total. The van der Waals surface area contributed by atoms with E-state index >= 15 is 0 Å². The molecule has 8 nitrogen and oxygen atoms in total. The first-order valence-corrected chi connectivity index (χ1v) is 9.12. The third kappa shape index (κ3) is 3.11. The minimum Gasteiger partial charge on any atom is -0.465 e. The van der Waals surface area contributed by atoms with Crippen LogP contribution in [0.5, 0.6) is 6.01 Å². The van der Waals surface area contributed by atoms with Crippen molar-refractivity contribution in [2.45, 2.75) is 38.5 Å². The fourth-order valence-electron chi connectivity index (χ4n) is 3.25. The van der Waals surface area contributed by atoms with Crippen LogP contribution < -0.4 is 16.0 Å². The highest BCUT2D eigenvalue weighted by atomic mass is 19.1. The van der Waals surface area contributed by atoms with Crippen LogP contribution in [0.1, 0.15) is 25.3 Å². The molecule has 0 aliphatic heterocycles. The largest absolute Gasteiger partial charge is 0.465 e. The molecule has 3 aromatic rings. The predicted octanol–water partition coefficient (Wildman–Crippen LogP) is 1.01. The van der Waals surface area contributed by atoms with Crippen molar-refractivity contribution >= 4 is 11.2 Å². The maximum Gasteiger partial charge on any atom is 0.332 e. The Bertz CT molecular complexity index is 1160. The lowest BCUT2D eigenvalue weighted by Crippen LogP contribution is -2.42. The number of aliphatic hydroxyl groups is 1. The van der Waals surface area contributed by atoms with E-state index in [0.29, 0.717) is 19.4 Å². The second-order valence-corrected chi connectivity index (χ2v) is 7.17. The number of aromatic nitrogens is 4.